The van der Waals surface area contributed by atoms with Crippen LogP contribution in [0, 0.1) is 0 Å². The van der Waals surface area contributed by atoms with Gasteiger partial charge in [-0.3, -0.25) is 9.69 Å². The van der Waals surface area contributed by atoms with Crippen molar-refractivity contribution in [2.24, 2.45) is 4.99 Å². The molecule has 2 aromatic carbocycles. The Bertz CT molecular complexity index is 965. The fraction of sp³-hybridized carbons (Fsp3) is 0.333. The highest BCUT2D eigenvalue weighted by Gasteiger charge is 2.31. The summed E-state index contributed by atoms with van der Waals surface area (Å²) in [6.45, 7) is 7.93. The third kappa shape index (κ3) is 4.94. The molecule has 31 heavy (non-hydrogen) atoms. The van der Waals surface area contributed by atoms with Crippen molar-refractivity contribution in [1.82, 2.24) is 0 Å². The molecular formula is C24H27N3O3S. The van der Waals surface area contributed by atoms with Crippen LogP contribution in [0.2, 0.25) is 0 Å². The lowest BCUT2D eigenvalue weighted by molar-refractivity contribution is -0.113. The predicted molar refractivity (Wildman–Crippen MR) is 128 cm³/mol. The maximum atomic E-state index is 13.2. The lowest BCUT2D eigenvalue weighted by Gasteiger charge is -2.28. The molecule has 1 amide bonds. The second-order valence-electron chi connectivity index (χ2n) is 7.12. The molecule has 6 nitrogen and oxygen atoms in total. The third-order valence-electron chi connectivity index (χ3n) is 5.08. The van der Waals surface area contributed by atoms with Crippen LogP contribution in [0.5, 0.6) is 5.75 Å². The fourth-order valence-corrected chi connectivity index (χ4v) is 4.31. The Hall–Kier alpha value is -2.77. The van der Waals surface area contributed by atoms with Crippen LogP contribution < -0.4 is 14.5 Å². The van der Waals surface area contributed by atoms with Gasteiger partial charge in [-0.15, -0.1) is 0 Å². The van der Waals surface area contributed by atoms with E-state index in [1.54, 1.807) is 16.7 Å². The number of ether oxygens (including phenoxy) is 2. The Balaban J connectivity index is 1.55. The van der Waals surface area contributed by atoms with Crippen LogP contribution in [0.1, 0.15) is 19.4 Å². The molecule has 2 heterocycles. The van der Waals surface area contributed by atoms with Crippen LogP contribution in [0.25, 0.3) is 6.08 Å². The van der Waals surface area contributed by atoms with E-state index in [-0.39, 0.29) is 5.91 Å². The zero-order valence-corrected chi connectivity index (χ0v) is 18.7. The van der Waals surface area contributed by atoms with Gasteiger partial charge in [-0.25, -0.2) is 4.99 Å². The molecule has 0 saturated carbocycles. The number of benzene rings is 2. The van der Waals surface area contributed by atoms with Gasteiger partial charge in [-0.1, -0.05) is 30.8 Å². The average Bonchev–Trinajstić information content (AvgIpc) is 3.10. The van der Waals surface area contributed by atoms with Crippen LogP contribution in [-0.2, 0) is 9.53 Å². The number of carbonyl (C=O) groups excluding carboxylic acids is 1. The van der Waals surface area contributed by atoms with Crippen molar-refractivity contribution >= 4 is 40.3 Å². The molecular weight excluding hydrogens is 410 g/mol. The van der Waals surface area contributed by atoms with E-state index in [1.807, 2.05) is 49.4 Å². The van der Waals surface area contributed by atoms with Gasteiger partial charge in [0.05, 0.1) is 25.5 Å². The number of hydrogen-bond acceptors (Lipinski definition) is 6. The van der Waals surface area contributed by atoms with Crippen molar-refractivity contribution in [2.45, 2.75) is 13.8 Å². The summed E-state index contributed by atoms with van der Waals surface area (Å²) in [4.78, 5) is 21.8. The molecule has 7 heteroatoms. The van der Waals surface area contributed by atoms with Gasteiger partial charge < -0.3 is 14.4 Å². The van der Waals surface area contributed by atoms with Gasteiger partial charge in [-0.2, -0.15) is 0 Å². The normalized spacial score (nSPS) is 17.9. The number of aliphatic imine (C=N–C) groups is 1. The zero-order chi connectivity index (χ0) is 21.6. The molecule has 0 N–H and O–H groups in total. The number of thioether (sulfide) groups is 1. The number of amidine groups is 1. The summed E-state index contributed by atoms with van der Waals surface area (Å²) in [5.74, 6) is 1.51. The molecule has 0 spiro atoms. The molecule has 1 saturated heterocycles. The Labute approximate surface area is 187 Å². The number of carbonyl (C=O) groups is 1. The number of amides is 1. The molecule has 2 aliphatic rings. The first-order chi connectivity index (χ1) is 15.2. The molecule has 162 valence electrons. The van der Waals surface area contributed by atoms with Crippen molar-refractivity contribution in [3.05, 3.63) is 59.8 Å². The Kier molecular flexibility index (Phi) is 6.94. The lowest BCUT2D eigenvalue weighted by Crippen LogP contribution is -2.36. The number of hydrogen-bond donors (Lipinski definition) is 0. The maximum Gasteiger partial charge on any atom is 0.283 e. The van der Waals surface area contributed by atoms with E-state index in [9.17, 15) is 4.79 Å². The van der Waals surface area contributed by atoms with Gasteiger partial charge in [-0.05, 0) is 60.7 Å². The monoisotopic (exact) mass is 437 g/mol. The highest BCUT2D eigenvalue weighted by Crippen LogP contribution is 2.30. The van der Waals surface area contributed by atoms with Crippen LogP contribution in [-0.4, -0.2) is 49.7 Å². The second-order valence-corrected chi connectivity index (χ2v) is 8.35. The van der Waals surface area contributed by atoms with E-state index in [0.717, 1.165) is 49.1 Å². The van der Waals surface area contributed by atoms with E-state index in [1.165, 1.54) is 5.69 Å². The summed E-state index contributed by atoms with van der Waals surface area (Å²) in [6, 6.07) is 15.8. The van der Waals surface area contributed by atoms with Crippen molar-refractivity contribution < 1.29 is 14.3 Å². The Morgan fingerprint density at radius 1 is 1.03 bits per heavy atom. The molecule has 0 aromatic heterocycles. The van der Waals surface area contributed by atoms with Crippen molar-refractivity contribution in [2.75, 3.05) is 48.5 Å². The van der Waals surface area contributed by atoms with E-state index >= 15 is 0 Å². The standard InChI is InChI=1S/C24H27N3O3S/c1-3-30-21-11-9-20(10-12-21)27-23(28)22(25-24(27)31-4-2)17-18-5-7-19(8-6-18)26-13-15-29-16-14-26/h5-12,17H,3-4,13-16H2,1-2H3. The predicted octanol–water partition coefficient (Wildman–Crippen LogP) is 4.42. The fourth-order valence-electron chi connectivity index (χ4n) is 3.57. The number of anilines is 2. The van der Waals surface area contributed by atoms with Gasteiger partial charge in [0, 0.05) is 18.8 Å². The smallest absolute Gasteiger partial charge is 0.283 e. The topological polar surface area (TPSA) is 54.4 Å². The molecule has 0 aliphatic carbocycles. The molecule has 2 aliphatic heterocycles. The van der Waals surface area contributed by atoms with Crippen molar-refractivity contribution in [3.8, 4) is 5.75 Å². The third-order valence-corrected chi connectivity index (χ3v) is 5.90. The summed E-state index contributed by atoms with van der Waals surface area (Å²) in [5.41, 5.74) is 3.37. The quantitative estimate of drug-likeness (QED) is 0.626. The summed E-state index contributed by atoms with van der Waals surface area (Å²) in [7, 11) is 0. The van der Waals surface area contributed by atoms with Crippen molar-refractivity contribution in [3.63, 3.8) is 0 Å². The van der Waals surface area contributed by atoms with Gasteiger partial charge >= 0.3 is 0 Å². The van der Waals surface area contributed by atoms with Crippen LogP contribution in [0.4, 0.5) is 11.4 Å². The molecule has 0 radical (unpaired) electrons. The number of nitrogens with zero attached hydrogens (tertiary/aromatic N) is 3. The summed E-state index contributed by atoms with van der Waals surface area (Å²) < 4.78 is 10.9. The van der Waals surface area contributed by atoms with E-state index in [2.05, 4.69) is 28.9 Å². The zero-order valence-electron chi connectivity index (χ0n) is 17.9. The van der Waals surface area contributed by atoms with Gasteiger partial charge in [0.1, 0.15) is 11.4 Å². The molecule has 0 unspecified atom stereocenters. The average molecular weight is 438 g/mol. The van der Waals surface area contributed by atoms with Gasteiger partial charge in [0.25, 0.3) is 5.91 Å². The highest BCUT2D eigenvalue weighted by atomic mass is 32.2. The van der Waals surface area contributed by atoms with Gasteiger partial charge in [0.15, 0.2) is 5.17 Å². The lowest BCUT2D eigenvalue weighted by atomic mass is 10.1. The highest BCUT2D eigenvalue weighted by molar-refractivity contribution is 8.14. The van der Waals surface area contributed by atoms with E-state index in [4.69, 9.17) is 9.47 Å². The summed E-state index contributed by atoms with van der Waals surface area (Å²) >= 11 is 1.56. The van der Waals surface area contributed by atoms with Crippen LogP contribution >= 0.6 is 11.8 Å². The minimum Gasteiger partial charge on any atom is -0.494 e. The first-order valence-corrected chi connectivity index (χ1v) is 11.6. The largest absolute Gasteiger partial charge is 0.494 e. The van der Waals surface area contributed by atoms with Crippen LogP contribution in [0.15, 0.2) is 59.2 Å². The van der Waals surface area contributed by atoms with E-state index in [0.29, 0.717) is 17.5 Å². The molecule has 4 rings (SSSR count). The Morgan fingerprint density at radius 2 is 1.71 bits per heavy atom. The second kappa shape index (κ2) is 10.0. The SMILES string of the molecule is CCOc1ccc(N2C(=O)C(=Cc3ccc(N4CCOCC4)cc3)N=C2SCC)cc1. The first-order valence-electron chi connectivity index (χ1n) is 10.6. The Morgan fingerprint density at radius 3 is 2.35 bits per heavy atom. The first kappa shape index (κ1) is 21.5. The van der Waals surface area contributed by atoms with Crippen molar-refractivity contribution in [1.29, 1.82) is 0 Å². The minimum absolute atomic E-state index is 0.114. The molecule has 2 aromatic rings. The summed E-state index contributed by atoms with van der Waals surface area (Å²) in [6.07, 6.45) is 1.86. The van der Waals surface area contributed by atoms with E-state index < -0.39 is 0 Å². The molecule has 0 bridgehead atoms. The molecule has 0 atom stereocenters. The summed E-state index contributed by atoms with van der Waals surface area (Å²) in [5, 5.41) is 0.702. The number of rotatable bonds is 6. The number of morpholine rings is 1. The van der Waals surface area contributed by atoms with Crippen LogP contribution in [0.3, 0.4) is 0 Å². The maximum absolute atomic E-state index is 13.2. The van der Waals surface area contributed by atoms with Gasteiger partial charge in [0.2, 0.25) is 0 Å². The minimum atomic E-state index is -0.114. The molecule has 1 fully saturated rings.